The van der Waals surface area contributed by atoms with Crippen LogP contribution in [0, 0.1) is 11.8 Å². The zero-order valence-corrected chi connectivity index (χ0v) is 12.5. The molecule has 0 saturated carbocycles. The summed E-state index contributed by atoms with van der Waals surface area (Å²) in [5.74, 6) is -1.76. The van der Waals surface area contributed by atoms with Gasteiger partial charge in [-0.2, -0.15) is 13.2 Å². The Morgan fingerprint density at radius 3 is 2.50 bits per heavy atom. The van der Waals surface area contributed by atoms with Crippen LogP contribution in [-0.2, 0) is 19.0 Å². The molecule has 0 spiro atoms. The summed E-state index contributed by atoms with van der Waals surface area (Å²) >= 11 is 0. The second-order valence-electron chi connectivity index (χ2n) is 5.77. The molecule has 22 heavy (non-hydrogen) atoms. The van der Waals surface area contributed by atoms with Crippen LogP contribution in [0.25, 0.3) is 0 Å². The topological polar surface area (TPSA) is 44.8 Å². The Balaban J connectivity index is 1.75. The summed E-state index contributed by atoms with van der Waals surface area (Å²) in [6.07, 6.45) is 2.52. The molecule has 1 fully saturated rings. The molecule has 0 radical (unpaired) electrons. The van der Waals surface area contributed by atoms with E-state index in [2.05, 4.69) is 17.7 Å². The molecule has 4 nitrogen and oxygen atoms in total. The van der Waals surface area contributed by atoms with Crippen LogP contribution < -0.4 is 0 Å². The van der Waals surface area contributed by atoms with E-state index in [0.29, 0.717) is 5.92 Å². The van der Waals surface area contributed by atoms with Crippen molar-refractivity contribution in [3.05, 3.63) is 11.6 Å². The number of alkyl halides is 3. The van der Waals surface area contributed by atoms with Gasteiger partial charge in [-0.15, -0.1) is 0 Å². The quantitative estimate of drug-likeness (QED) is 0.586. The lowest BCUT2D eigenvalue weighted by Crippen LogP contribution is -2.40. The first-order valence-electron chi connectivity index (χ1n) is 7.59. The summed E-state index contributed by atoms with van der Waals surface area (Å²) < 4.78 is 50.6. The van der Waals surface area contributed by atoms with E-state index in [-0.39, 0.29) is 19.1 Å². The van der Waals surface area contributed by atoms with Crippen LogP contribution in [0.3, 0.4) is 0 Å². The molecule has 126 valence electrons. The summed E-state index contributed by atoms with van der Waals surface area (Å²) in [4.78, 5) is 10.7. The number of esters is 1. The van der Waals surface area contributed by atoms with E-state index >= 15 is 0 Å². The number of hydrogen-bond acceptors (Lipinski definition) is 4. The van der Waals surface area contributed by atoms with E-state index < -0.39 is 18.6 Å². The first kappa shape index (κ1) is 17.3. The third kappa shape index (κ3) is 4.71. The largest absolute Gasteiger partial charge is 0.491 e. The van der Waals surface area contributed by atoms with Crippen LogP contribution in [0.1, 0.15) is 39.0 Å². The number of carbonyl (C=O) groups is 1. The van der Waals surface area contributed by atoms with Gasteiger partial charge in [-0.25, -0.2) is 4.79 Å². The van der Waals surface area contributed by atoms with Gasteiger partial charge in [-0.3, -0.25) is 0 Å². The Kier molecular flexibility index (Phi) is 5.86. The van der Waals surface area contributed by atoms with Crippen molar-refractivity contribution in [3.63, 3.8) is 0 Å². The average molecular weight is 322 g/mol. The third-order valence-corrected chi connectivity index (χ3v) is 4.11. The molecule has 1 atom stereocenters. The molecule has 2 aliphatic rings. The third-order valence-electron chi connectivity index (χ3n) is 4.11. The lowest BCUT2D eigenvalue weighted by Gasteiger charge is -2.35. The van der Waals surface area contributed by atoms with Gasteiger partial charge in [-0.05, 0) is 31.6 Å². The van der Waals surface area contributed by atoms with Crippen LogP contribution in [0.15, 0.2) is 11.6 Å². The number of ether oxygens (including phenoxy) is 3. The minimum absolute atomic E-state index is 0.125. The summed E-state index contributed by atoms with van der Waals surface area (Å²) in [6, 6.07) is 0. The SMILES string of the molecule is CCCC1=CCC(C2COC(OC(=O)C(F)(F)F)OC2)CC1. The maximum Gasteiger partial charge on any atom is 0.491 e. The Labute approximate surface area is 127 Å². The zero-order chi connectivity index (χ0) is 16.2. The van der Waals surface area contributed by atoms with Gasteiger partial charge in [0.05, 0.1) is 13.2 Å². The van der Waals surface area contributed by atoms with Crippen LogP contribution in [0.2, 0.25) is 0 Å². The summed E-state index contributed by atoms with van der Waals surface area (Å²) in [7, 11) is 0. The summed E-state index contributed by atoms with van der Waals surface area (Å²) in [5.41, 5.74) is 1.48. The molecule has 0 aromatic heterocycles. The lowest BCUT2D eigenvalue weighted by molar-refractivity contribution is -0.323. The standard InChI is InChI=1S/C15H21F3O4/c1-2-3-10-4-6-11(7-5-10)12-8-20-14(21-9-12)22-13(19)15(16,17)18/h4,11-12,14H,2-3,5-9H2,1H3. The second kappa shape index (κ2) is 7.46. The Morgan fingerprint density at radius 1 is 1.32 bits per heavy atom. The molecule has 0 N–H and O–H groups in total. The molecule has 2 rings (SSSR count). The smallest absolute Gasteiger partial charge is 0.404 e. The van der Waals surface area contributed by atoms with Gasteiger partial charge >= 0.3 is 18.6 Å². The van der Waals surface area contributed by atoms with Crippen LogP contribution in [-0.4, -0.2) is 31.8 Å². The molecule has 0 aromatic rings. The molecule has 7 heteroatoms. The molecule has 1 aliphatic heterocycles. The van der Waals surface area contributed by atoms with Gasteiger partial charge in [-0.1, -0.05) is 25.0 Å². The van der Waals surface area contributed by atoms with E-state index in [4.69, 9.17) is 9.47 Å². The number of hydrogen-bond donors (Lipinski definition) is 0. The van der Waals surface area contributed by atoms with Gasteiger partial charge in [0, 0.05) is 5.92 Å². The highest BCUT2D eigenvalue weighted by atomic mass is 19.4. The minimum Gasteiger partial charge on any atom is -0.404 e. The van der Waals surface area contributed by atoms with Crippen molar-refractivity contribution in [2.75, 3.05) is 13.2 Å². The number of allylic oxidation sites excluding steroid dienone is 2. The predicted molar refractivity (Wildman–Crippen MR) is 71.7 cm³/mol. The molecule has 1 saturated heterocycles. The predicted octanol–water partition coefficient (Wildman–Crippen LogP) is 3.57. The molecular weight excluding hydrogens is 301 g/mol. The first-order valence-corrected chi connectivity index (χ1v) is 7.59. The maximum atomic E-state index is 12.1. The fourth-order valence-electron chi connectivity index (χ4n) is 2.88. The van der Waals surface area contributed by atoms with Crippen LogP contribution in [0.5, 0.6) is 0 Å². The number of rotatable bonds is 4. The molecular formula is C15H21F3O4. The van der Waals surface area contributed by atoms with Crippen molar-refractivity contribution in [3.8, 4) is 0 Å². The number of carbonyl (C=O) groups excluding carboxylic acids is 1. The molecule has 0 aromatic carbocycles. The van der Waals surface area contributed by atoms with E-state index in [1.165, 1.54) is 5.57 Å². The molecule has 1 aliphatic carbocycles. The normalized spacial score (nSPS) is 29.8. The van der Waals surface area contributed by atoms with E-state index in [1.54, 1.807) is 0 Å². The first-order chi connectivity index (χ1) is 10.4. The molecule has 0 bridgehead atoms. The van der Waals surface area contributed by atoms with Gasteiger partial charge in [0.25, 0.3) is 0 Å². The van der Waals surface area contributed by atoms with Crippen molar-refractivity contribution >= 4 is 5.97 Å². The van der Waals surface area contributed by atoms with Crippen molar-refractivity contribution in [2.24, 2.45) is 11.8 Å². The molecule has 0 amide bonds. The number of halogens is 3. The monoisotopic (exact) mass is 322 g/mol. The maximum absolute atomic E-state index is 12.1. The van der Waals surface area contributed by atoms with Crippen LogP contribution in [0.4, 0.5) is 13.2 Å². The molecule has 1 heterocycles. The fourth-order valence-corrected chi connectivity index (χ4v) is 2.88. The zero-order valence-electron chi connectivity index (χ0n) is 12.5. The highest BCUT2D eigenvalue weighted by molar-refractivity contribution is 5.75. The van der Waals surface area contributed by atoms with E-state index in [9.17, 15) is 18.0 Å². The fraction of sp³-hybridized carbons (Fsp3) is 0.800. The average Bonchev–Trinajstić information content (AvgIpc) is 2.48. The lowest BCUT2D eigenvalue weighted by atomic mass is 9.80. The van der Waals surface area contributed by atoms with Gasteiger partial charge in [0.15, 0.2) is 0 Å². The summed E-state index contributed by atoms with van der Waals surface area (Å²) in [6.45, 7) is 1.09. The van der Waals surface area contributed by atoms with Crippen LogP contribution >= 0.6 is 0 Å². The van der Waals surface area contributed by atoms with E-state index in [1.807, 2.05) is 0 Å². The van der Waals surface area contributed by atoms with Gasteiger partial charge < -0.3 is 14.2 Å². The van der Waals surface area contributed by atoms with Gasteiger partial charge in [0.2, 0.25) is 0 Å². The second-order valence-corrected chi connectivity index (χ2v) is 5.77. The Bertz CT molecular complexity index is 412. The highest BCUT2D eigenvalue weighted by Gasteiger charge is 2.43. The Hall–Kier alpha value is -1.08. The van der Waals surface area contributed by atoms with Crippen molar-refractivity contribution in [2.45, 2.75) is 51.7 Å². The molecule has 1 unspecified atom stereocenters. The van der Waals surface area contributed by atoms with E-state index in [0.717, 1.165) is 32.1 Å². The van der Waals surface area contributed by atoms with Crippen molar-refractivity contribution < 1.29 is 32.2 Å². The van der Waals surface area contributed by atoms with Gasteiger partial charge in [0.1, 0.15) is 0 Å². The van der Waals surface area contributed by atoms with Crippen molar-refractivity contribution in [1.82, 2.24) is 0 Å². The van der Waals surface area contributed by atoms with Crippen molar-refractivity contribution in [1.29, 1.82) is 0 Å². The Morgan fingerprint density at radius 2 is 2.00 bits per heavy atom. The highest BCUT2D eigenvalue weighted by Crippen LogP contribution is 2.33. The summed E-state index contributed by atoms with van der Waals surface area (Å²) in [5, 5.41) is 0. The minimum atomic E-state index is -5.03.